The van der Waals surface area contributed by atoms with Gasteiger partial charge in [0.15, 0.2) is 0 Å². The zero-order valence-electron chi connectivity index (χ0n) is 14.2. The summed E-state index contributed by atoms with van der Waals surface area (Å²) in [5.41, 5.74) is 0. The number of rotatable bonds is 0. The molecule has 0 atom stereocenters. The zero-order chi connectivity index (χ0) is 14.2. The molecule has 0 fully saturated rings. The lowest BCUT2D eigenvalue weighted by Crippen LogP contribution is -1.27. The molecule has 0 unspecified atom stereocenters. The molecule has 0 amide bonds. The first-order valence-corrected chi connectivity index (χ1v) is 5.45. The minimum atomic E-state index is 0. The van der Waals surface area contributed by atoms with E-state index >= 15 is 0 Å². The van der Waals surface area contributed by atoms with E-state index in [9.17, 15) is 0 Å². The van der Waals surface area contributed by atoms with Crippen molar-refractivity contribution in [1.29, 1.82) is 0 Å². The Bertz CT molecular complexity index is 32.4. The van der Waals surface area contributed by atoms with Crippen molar-refractivity contribution < 1.29 is 4.11 Å². The molecule has 0 bridgehead atoms. The second kappa shape index (κ2) is 208. The first-order valence-electron chi connectivity index (χ1n) is 7.57. The fourth-order valence-corrected chi connectivity index (χ4v) is 0. The molecule has 0 rings (SSSR count). The van der Waals surface area contributed by atoms with E-state index < -0.39 is 0 Å². The first-order chi connectivity index (χ1) is 7.57. The van der Waals surface area contributed by atoms with Gasteiger partial charge in [0.25, 0.3) is 0 Å². The Morgan fingerprint density at radius 1 is 0.929 bits per heavy atom. The molecule has 0 heteroatoms. The predicted molar refractivity (Wildman–Crippen MR) is 77.3 cm³/mol. The smallest absolute Gasteiger partial charge is 0.0230 e. The van der Waals surface area contributed by atoms with Gasteiger partial charge in [0.1, 0.15) is 0 Å². The maximum absolute atomic E-state index is 6.45. The van der Waals surface area contributed by atoms with Crippen LogP contribution in [-0.4, -0.2) is 0 Å². The largest absolute Gasteiger partial charge is 0.0776 e. The molecule has 0 saturated heterocycles. The predicted octanol–water partition coefficient (Wildman–Crippen LogP) is 6.94. The molecule has 0 radical (unpaired) electrons. The van der Waals surface area contributed by atoms with Gasteiger partial charge in [-0.2, -0.15) is 0 Å². The highest BCUT2D eigenvalue weighted by Crippen LogP contribution is 1.56. The Morgan fingerprint density at radius 2 is 1.00 bits per heavy atom. The Kier molecular flexibility index (Phi) is 291. The maximum Gasteiger partial charge on any atom is 0.0230 e. The van der Waals surface area contributed by atoms with Gasteiger partial charge in [-0.1, -0.05) is 95.9 Å². The molecule has 0 spiro atoms. The van der Waals surface area contributed by atoms with Crippen LogP contribution in [0.15, 0.2) is 0 Å². The summed E-state index contributed by atoms with van der Waals surface area (Å²) in [7, 11) is 0. The Hall–Kier alpha value is 0. The SMILES string of the molecule is C.CCC.CCC.[2H]CC.[2H]CCC.[3H]CC. The third kappa shape index (κ3) is 0. The highest BCUT2D eigenvalue weighted by Gasteiger charge is 1.36. The summed E-state index contributed by atoms with van der Waals surface area (Å²) >= 11 is 0. The van der Waals surface area contributed by atoms with Crippen molar-refractivity contribution in [2.24, 2.45) is 0 Å². The van der Waals surface area contributed by atoms with Crippen LogP contribution in [0.5, 0.6) is 0 Å². The standard InChI is InChI=1S/3C3H8.2C2H6.CH4/c3*1-3-2;2*1-2;/h3*3H2,1-2H3;2*1-2H3;1H4/i1D;;;1T;1D;. The van der Waals surface area contributed by atoms with E-state index in [0.717, 1.165) is 6.42 Å². The van der Waals surface area contributed by atoms with Crippen molar-refractivity contribution in [1.82, 2.24) is 0 Å². The normalized spacial score (nSPS) is 7.50. The van der Waals surface area contributed by atoms with E-state index in [1.165, 1.54) is 12.8 Å². The topological polar surface area (TPSA) is 0 Å². The van der Waals surface area contributed by atoms with Crippen LogP contribution < -0.4 is 0 Å². The summed E-state index contributed by atoms with van der Waals surface area (Å²) in [6, 6.07) is 0. The second-order valence-corrected chi connectivity index (χ2v) is 1.91. The summed E-state index contributed by atoms with van der Waals surface area (Å²) in [6.07, 6.45) is 3.49. The second-order valence-electron chi connectivity index (χ2n) is 1.91. The zero-order valence-corrected chi connectivity index (χ0v) is 11.2. The monoisotopic (exact) mass is 212 g/mol. The van der Waals surface area contributed by atoms with Crippen molar-refractivity contribution in [3.05, 3.63) is 0 Å². The van der Waals surface area contributed by atoms with E-state index in [0.29, 0.717) is 20.7 Å². The maximum atomic E-state index is 6.45. The Morgan fingerprint density at radius 3 is 1.00 bits per heavy atom. The van der Waals surface area contributed by atoms with Crippen molar-refractivity contribution in [2.45, 2.75) is 95.9 Å². The van der Waals surface area contributed by atoms with Crippen molar-refractivity contribution in [3.63, 3.8) is 0 Å². The lowest BCUT2D eigenvalue weighted by Gasteiger charge is -1.48. The van der Waals surface area contributed by atoms with Crippen LogP contribution in [0.1, 0.15) is 100.0 Å². The van der Waals surface area contributed by atoms with Crippen LogP contribution in [-0.2, 0) is 0 Å². The average Bonchev–Trinajstić information content (AvgIpc) is 2.22. The molecular weight excluding hydrogens is 168 g/mol. The molecule has 96 valence electrons. The summed E-state index contributed by atoms with van der Waals surface area (Å²) in [5, 5.41) is 0. The first kappa shape index (κ1) is 19.6. The van der Waals surface area contributed by atoms with E-state index in [1.807, 2.05) is 6.92 Å². The van der Waals surface area contributed by atoms with Gasteiger partial charge in [0, 0.05) is 4.11 Å². The third-order valence-electron chi connectivity index (χ3n) is 0. The van der Waals surface area contributed by atoms with E-state index in [4.69, 9.17) is 4.11 Å². The lowest BCUT2D eigenvalue weighted by molar-refractivity contribution is 1.09. The van der Waals surface area contributed by atoms with Gasteiger partial charge < -0.3 is 0 Å². The highest BCUT2D eigenvalue weighted by atomic mass is 13.4. The van der Waals surface area contributed by atoms with Crippen LogP contribution in [0.3, 0.4) is 0 Å². The fraction of sp³-hybridized carbons (Fsp3) is 1.00. The molecule has 0 N–H and O–H groups in total. The molecule has 0 saturated carbocycles. The molecule has 0 aliphatic rings. The Balaban J connectivity index is -0.0000000221. The summed E-state index contributed by atoms with van der Waals surface area (Å²) in [6.45, 7) is 15.6. The van der Waals surface area contributed by atoms with E-state index in [2.05, 4.69) is 27.7 Å². The summed E-state index contributed by atoms with van der Waals surface area (Å²) in [5.74, 6) is 0. The fourth-order valence-electron chi connectivity index (χ4n) is 0. The molecule has 0 heterocycles. The van der Waals surface area contributed by atoms with Gasteiger partial charge in [-0.3, -0.25) is 0 Å². The van der Waals surface area contributed by atoms with Gasteiger partial charge in [0.2, 0.25) is 0 Å². The molecular formula is C14H40. The highest BCUT2D eigenvalue weighted by molar-refractivity contribution is 3.92. The van der Waals surface area contributed by atoms with Crippen LogP contribution >= 0.6 is 0 Å². The number of hydrogen-bond acceptors (Lipinski definition) is 0. The van der Waals surface area contributed by atoms with E-state index in [-0.39, 0.29) is 7.43 Å². The minimum absolute atomic E-state index is 0. The molecule has 14 heavy (non-hydrogen) atoms. The summed E-state index contributed by atoms with van der Waals surface area (Å²) < 4.78 is 18.9. The van der Waals surface area contributed by atoms with Crippen LogP contribution in [0, 0.1) is 0 Å². The number of hydrogen-bond donors (Lipinski definition) is 0. The third-order valence-corrected chi connectivity index (χ3v) is 0. The van der Waals surface area contributed by atoms with Gasteiger partial charge in [-0.15, -0.1) is 0 Å². The van der Waals surface area contributed by atoms with Gasteiger partial charge in [-0.25, -0.2) is 0 Å². The van der Waals surface area contributed by atoms with Crippen molar-refractivity contribution in [2.75, 3.05) is 0 Å². The van der Waals surface area contributed by atoms with Gasteiger partial charge >= 0.3 is 0 Å². The molecule has 0 aliphatic carbocycles. The molecule has 0 aromatic heterocycles. The Labute approximate surface area is 101 Å². The van der Waals surface area contributed by atoms with E-state index in [1.54, 1.807) is 13.8 Å². The molecule has 0 nitrogen and oxygen atoms in total. The van der Waals surface area contributed by atoms with Crippen LogP contribution in [0.25, 0.3) is 0 Å². The van der Waals surface area contributed by atoms with Crippen molar-refractivity contribution in [3.8, 4) is 0 Å². The van der Waals surface area contributed by atoms with Crippen LogP contribution in [0.2, 0.25) is 0 Å². The molecule has 0 aromatic rings. The molecule has 0 aliphatic heterocycles. The minimum Gasteiger partial charge on any atom is -0.0776 e. The summed E-state index contributed by atoms with van der Waals surface area (Å²) in [4.78, 5) is 0. The molecule has 0 aromatic carbocycles. The van der Waals surface area contributed by atoms with Gasteiger partial charge in [0.05, 0.1) is 0 Å². The van der Waals surface area contributed by atoms with Gasteiger partial charge in [-0.05, 0) is 0 Å². The lowest BCUT2D eigenvalue weighted by atomic mass is 10.6. The quantitative estimate of drug-likeness (QED) is 0.408. The van der Waals surface area contributed by atoms with Crippen molar-refractivity contribution >= 4 is 0 Å². The van der Waals surface area contributed by atoms with Crippen LogP contribution in [0.4, 0.5) is 0 Å². The average molecular weight is 212 g/mol.